The molecule has 25 heavy (non-hydrogen) atoms. The molecule has 7 nitrogen and oxygen atoms in total. The van der Waals surface area contributed by atoms with E-state index in [1.165, 1.54) is 4.80 Å². The fourth-order valence-electron chi connectivity index (χ4n) is 2.10. The van der Waals surface area contributed by atoms with Gasteiger partial charge in [0.15, 0.2) is 0 Å². The van der Waals surface area contributed by atoms with Gasteiger partial charge >= 0.3 is 151 Å². The van der Waals surface area contributed by atoms with Crippen LogP contribution in [0.2, 0.25) is 0 Å². The van der Waals surface area contributed by atoms with Crippen LogP contribution in [0.3, 0.4) is 0 Å². The van der Waals surface area contributed by atoms with Gasteiger partial charge < -0.3 is 0 Å². The van der Waals surface area contributed by atoms with Crippen LogP contribution in [0.1, 0.15) is 11.9 Å². The van der Waals surface area contributed by atoms with Crippen LogP contribution in [0.15, 0.2) is 54.6 Å². The Hall–Kier alpha value is -2.70. The molecule has 2 aromatic carbocycles. The van der Waals surface area contributed by atoms with Crippen molar-refractivity contribution in [3.63, 3.8) is 0 Å². The number of nitrogen functional groups attached to an aromatic ring is 1. The average molecular weight is 402 g/mol. The molecule has 0 bridgehead atoms. The van der Waals surface area contributed by atoms with Crippen molar-refractivity contribution in [3.8, 4) is 11.4 Å². The van der Waals surface area contributed by atoms with E-state index in [1.54, 1.807) is 19.1 Å². The van der Waals surface area contributed by atoms with Crippen LogP contribution in [0, 0.1) is 0 Å². The summed E-state index contributed by atoms with van der Waals surface area (Å²) >= 11 is -0.230. The molecule has 1 unspecified atom stereocenters. The molecule has 0 aliphatic carbocycles. The molecule has 128 valence electrons. The molecular weight excluding hydrogens is 385 g/mol. The number of benzene rings is 2. The molecule has 1 atom stereocenters. The zero-order valence-electron chi connectivity index (χ0n) is 13.6. The first-order valence-corrected chi connectivity index (χ1v) is 9.55. The molecule has 0 saturated carbocycles. The Morgan fingerprint density at radius 2 is 1.92 bits per heavy atom. The zero-order chi connectivity index (χ0) is 17.6. The maximum absolute atomic E-state index is 12.4. The molecule has 0 radical (unpaired) electrons. The monoisotopic (exact) mass is 403 g/mol. The van der Waals surface area contributed by atoms with Gasteiger partial charge in [-0.2, -0.15) is 0 Å². The third-order valence-corrected chi connectivity index (χ3v) is 5.70. The van der Waals surface area contributed by atoms with Gasteiger partial charge in [-0.25, -0.2) is 0 Å². The summed E-state index contributed by atoms with van der Waals surface area (Å²) < 4.78 is 6.25. The van der Waals surface area contributed by atoms with Gasteiger partial charge in [0.1, 0.15) is 0 Å². The third kappa shape index (κ3) is 4.23. The van der Waals surface area contributed by atoms with Crippen molar-refractivity contribution in [1.29, 1.82) is 0 Å². The zero-order valence-corrected chi connectivity index (χ0v) is 15.3. The summed E-state index contributed by atoms with van der Waals surface area (Å²) in [6.07, 6.45) is 0. The number of nitrogens with two attached hydrogens (primary N) is 1. The van der Waals surface area contributed by atoms with Crippen molar-refractivity contribution in [2.45, 2.75) is 11.9 Å². The van der Waals surface area contributed by atoms with E-state index in [2.05, 4.69) is 15.4 Å². The van der Waals surface area contributed by atoms with E-state index in [4.69, 9.17) is 10.5 Å². The Morgan fingerprint density at radius 1 is 1.20 bits per heavy atom. The van der Waals surface area contributed by atoms with Crippen LogP contribution < -0.4 is 10.2 Å². The van der Waals surface area contributed by atoms with Gasteiger partial charge in [0.2, 0.25) is 0 Å². The van der Waals surface area contributed by atoms with Gasteiger partial charge in [0.25, 0.3) is 0 Å². The minimum absolute atomic E-state index is 0.230. The number of esters is 1. The summed E-state index contributed by atoms with van der Waals surface area (Å²) in [6, 6.07) is 16.9. The number of hydrogen-bond donors (Lipinski definition) is 1. The van der Waals surface area contributed by atoms with Gasteiger partial charge in [-0.15, -0.1) is 0 Å². The van der Waals surface area contributed by atoms with Gasteiger partial charge in [-0.1, -0.05) is 0 Å². The number of nitrogens with zero attached hydrogens (tertiary/aromatic N) is 4. The molecule has 1 heterocycles. The molecule has 3 aromatic rings. The fraction of sp³-hybridized carbons (Fsp3) is 0.176. The molecule has 0 spiro atoms. The van der Waals surface area contributed by atoms with E-state index < -0.39 is 4.94 Å². The first-order chi connectivity index (χ1) is 12.2. The Labute approximate surface area is 151 Å². The molecular formula is C17H17N5O2Se. The van der Waals surface area contributed by atoms with Crippen LogP contribution in [-0.4, -0.2) is 47.7 Å². The maximum atomic E-state index is 12.4. The van der Waals surface area contributed by atoms with E-state index in [9.17, 15) is 4.79 Å². The number of carbonyl (C=O) groups excluding carboxylic acids is 1. The van der Waals surface area contributed by atoms with E-state index in [1.807, 2.05) is 42.5 Å². The Kier molecular flexibility index (Phi) is 5.42. The fourth-order valence-corrected chi connectivity index (χ4v) is 4.03. The van der Waals surface area contributed by atoms with Crippen LogP contribution in [0.25, 0.3) is 11.4 Å². The van der Waals surface area contributed by atoms with Crippen molar-refractivity contribution in [1.82, 2.24) is 20.2 Å². The van der Waals surface area contributed by atoms with E-state index in [0.29, 0.717) is 18.1 Å². The van der Waals surface area contributed by atoms with Crippen LogP contribution in [0.4, 0.5) is 5.69 Å². The van der Waals surface area contributed by atoms with Crippen molar-refractivity contribution in [2.75, 3.05) is 12.3 Å². The van der Waals surface area contributed by atoms with Gasteiger partial charge in [-0.05, 0) is 0 Å². The van der Waals surface area contributed by atoms with Gasteiger partial charge in [0.05, 0.1) is 0 Å². The second-order valence-corrected chi connectivity index (χ2v) is 7.51. The number of ether oxygens (including phenoxy) is 1. The average Bonchev–Trinajstić information content (AvgIpc) is 3.11. The van der Waals surface area contributed by atoms with Crippen LogP contribution in [-0.2, 0) is 9.53 Å². The molecule has 2 N–H and O–H groups in total. The second kappa shape index (κ2) is 7.92. The molecule has 0 amide bonds. The number of rotatable bonds is 6. The Morgan fingerprint density at radius 3 is 2.60 bits per heavy atom. The second-order valence-electron chi connectivity index (χ2n) is 5.09. The number of tetrazole rings is 1. The molecule has 0 aliphatic heterocycles. The number of hydrogen-bond acceptors (Lipinski definition) is 6. The third-order valence-electron chi connectivity index (χ3n) is 3.29. The van der Waals surface area contributed by atoms with Crippen molar-refractivity contribution < 1.29 is 9.53 Å². The molecule has 0 fully saturated rings. The predicted molar refractivity (Wildman–Crippen MR) is 95.2 cm³/mol. The summed E-state index contributed by atoms with van der Waals surface area (Å²) in [4.78, 5) is 13.1. The number of anilines is 1. The molecule has 1 aromatic heterocycles. The minimum atomic E-state index is -0.607. The van der Waals surface area contributed by atoms with Gasteiger partial charge in [0, 0.05) is 0 Å². The molecule has 0 aliphatic rings. The van der Waals surface area contributed by atoms with Crippen molar-refractivity contribution in [2.24, 2.45) is 0 Å². The summed E-state index contributed by atoms with van der Waals surface area (Å²) in [7, 11) is 0. The first kappa shape index (κ1) is 17.1. The molecule has 3 rings (SSSR count). The Bertz CT molecular complexity index is 836. The predicted octanol–water partition coefficient (Wildman–Crippen LogP) is 1.01. The molecule has 8 heteroatoms. The number of aromatic nitrogens is 4. The van der Waals surface area contributed by atoms with Crippen molar-refractivity contribution >= 4 is 31.1 Å². The quantitative estimate of drug-likeness (QED) is 0.376. The number of carbonyl (C=O) groups is 1. The van der Waals surface area contributed by atoms with E-state index >= 15 is 0 Å². The SMILES string of the molecule is CCOC(=O)C([Se]c1ccccc1)n1nnc(-c2ccc(N)cc2)n1. The van der Waals surface area contributed by atoms with E-state index in [0.717, 1.165) is 10.0 Å². The standard InChI is InChI=1S/C17H17N5O2Se/c1-2-24-17(23)16(25-14-6-4-3-5-7-14)22-20-15(19-21-22)12-8-10-13(18)11-9-12/h3-11,16H,2,18H2,1H3. The summed E-state index contributed by atoms with van der Waals surface area (Å²) in [5.74, 6) is 0.0887. The Balaban J connectivity index is 1.88. The van der Waals surface area contributed by atoms with Crippen molar-refractivity contribution in [3.05, 3.63) is 54.6 Å². The van der Waals surface area contributed by atoms with Crippen LogP contribution >= 0.6 is 0 Å². The summed E-state index contributed by atoms with van der Waals surface area (Å²) in [5, 5.41) is 12.5. The van der Waals surface area contributed by atoms with Crippen LogP contribution in [0.5, 0.6) is 0 Å². The van der Waals surface area contributed by atoms with Gasteiger partial charge in [-0.3, -0.25) is 0 Å². The first-order valence-electron chi connectivity index (χ1n) is 7.71. The molecule has 0 saturated heterocycles. The summed E-state index contributed by atoms with van der Waals surface area (Å²) in [5.41, 5.74) is 7.14. The van der Waals surface area contributed by atoms with E-state index in [-0.39, 0.29) is 20.9 Å². The summed E-state index contributed by atoms with van der Waals surface area (Å²) in [6.45, 7) is 2.08. The topological polar surface area (TPSA) is 95.9 Å². The normalized spacial score (nSPS) is 11.9.